The molecule has 0 radical (unpaired) electrons. The Kier molecular flexibility index (Phi) is 4.25. The van der Waals surface area contributed by atoms with E-state index < -0.39 is 5.97 Å². The van der Waals surface area contributed by atoms with Gasteiger partial charge in [0.2, 0.25) is 0 Å². The van der Waals surface area contributed by atoms with Crippen molar-refractivity contribution in [1.29, 1.82) is 0 Å². The average molecular weight is 338 g/mol. The molecule has 6 heteroatoms. The maximum absolute atomic E-state index is 10.9. The van der Waals surface area contributed by atoms with Crippen LogP contribution in [0.4, 0.5) is 0 Å². The van der Waals surface area contributed by atoms with Gasteiger partial charge in [0.1, 0.15) is 0 Å². The van der Waals surface area contributed by atoms with Crippen LogP contribution in [0.15, 0.2) is 28.7 Å². The number of hydrogen-bond donors (Lipinski definition) is 1. The maximum atomic E-state index is 10.9. The van der Waals surface area contributed by atoms with Gasteiger partial charge in [-0.15, -0.1) is 0 Å². The third-order valence-electron chi connectivity index (χ3n) is 2.93. The first-order valence-corrected chi connectivity index (χ1v) is 6.88. The highest BCUT2D eigenvalue weighted by Crippen LogP contribution is 2.27. The molecule has 0 aliphatic carbocycles. The van der Waals surface area contributed by atoms with Crippen LogP contribution in [-0.2, 0) is 13.6 Å². The van der Waals surface area contributed by atoms with Crippen molar-refractivity contribution in [1.82, 2.24) is 14.7 Å². The van der Waals surface area contributed by atoms with Gasteiger partial charge in [-0.3, -0.25) is 4.68 Å². The summed E-state index contributed by atoms with van der Waals surface area (Å²) >= 11 is 3.56. The van der Waals surface area contributed by atoms with Crippen molar-refractivity contribution in [2.75, 3.05) is 14.1 Å². The molecule has 0 atom stereocenters. The molecular formula is C14H16BrN3O2. The summed E-state index contributed by atoms with van der Waals surface area (Å²) in [6.07, 6.45) is 0. The molecule has 1 aromatic carbocycles. The molecular weight excluding hydrogens is 322 g/mol. The van der Waals surface area contributed by atoms with Gasteiger partial charge >= 0.3 is 5.97 Å². The Morgan fingerprint density at radius 1 is 1.40 bits per heavy atom. The number of nitrogens with zero attached hydrogens (tertiary/aromatic N) is 3. The van der Waals surface area contributed by atoms with Crippen molar-refractivity contribution in [2.45, 2.75) is 6.54 Å². The summed E-state index contributed by atoms with van der Waals surface area (Å²) < 4.78 is 2.58. The molecule has 0 bridgehead atoms. The first-order chi connectivity index (χ1) is 9.38. The van der Waals surface area contributed by atoms with Crippen molar-refractivity contribution < 1.29 is 9.90 Å². The smallest absolute Gasteiger partial charge is 0.356 e. The third-order valence-corrected chi connectivity index (χ3v) is 3.67. The van der Waals surface area contributed by atoms with Crippen LogP contribution in [-0.4, -0.2) is 39.9 Å². The lowest BCUT2D eigenvalue weighted by molar-refractivity contribution is 0.0689. The fourth-order valence-electron chi connectivity index (χ4n) is 2.02. The molecule has 0 aliphatic heterocycles. The topological polar surface area (TPSA) is 58.4 Å². The molecule has 20 heavy (non-hydrogen) atoms. The van der Waals surface area contributed by atoms with Crippen LogP contribution in [0, 0.1) is 0 Å². The summed E-state index contributed by atoms with van der Waals surface area (Å²) in [5.74, 6) is -1.02. The van der Waals surface area contributed by atoms with Crippen molar-refractivity contribution in [2.24, 2.45) is 7.05 Å². The van der Waals surface area contributed by atoms with E-state index in [0.717, 1.165) is 22.3 Å². The lowest BCUT2D eigenvalue weighted by Gasteiger charge is -2.12. The van der Waals surface area contributed by atoms with E-state index in [1.165, 1.54) is 5.56 Å². The van der Waals surface area contributed by atoms with E-state index in [2.05, 4.69) is 25.9 Å². The van der Waals surface area contributed by atoms with Gasteiger partial charge in [0.05, 0.1) is 5.69 Å². The van der Waals surface area contributed by atoms with Crippen molar-refractivity contribution >= 4 is 21.9 Å². The van der Waals surface area contributed by atoms with Gasteiger partial charge in [0, 0.05) is 23.6 Å². The monoisotopic (exact) mass is 337 g/mol. The lowest BCUT2D eigenvalue weighted by atomic mass is 10.1. The van der Waals surface area contributed by atoms with E-state index in [4.69, 9.17) is 5.11 Å². The van der Waals surface area contributed by atoms with Crippen molar-refractivity contribution in [3.05, 3.63) is 40.0 Å². The minimum Gasteiger partial charge on any atom is -0.476 e. The highest BCUT2D eigenvalue weighted by molar-refractivity contribution is 9.10. The second-order valence-corrected chi connectivity index (χ2v) is 5.74. The minimum atomic E-state index is -1.02. The minimum absolute atomic E-state index is 0.0518. The fourth-order valence-corrected chi connectivity index (χ4v) is 2.52. The molecule has 2 aromatic rings. The second-order valence-electron chi connectivity index (χ2n) is 4.89. The van der Waals surface area contributed by atoms with Gasteiger partial charge in [-0.2, -0.15) is 5.10 Å². The van der Waals surface area contributed by atoms with Crippen LogP contribution >= 0.6 is 15.9 Å². The van der Waals surface area contributed by atoms with Gasteiger partial charge in [-0.05, 0) is 31.8 Å². The Balaban J connectivity index is 2.39. The van der Waals surface area contributed by atoms with Crippen LogP contribution in [0.2, 0.25) is 0 Å². The Labute approximate surface area is 126 Å². The zero-order chi connectivity index (χ0) is 14.9. The van der Waals surface area contributed by atoms with E-state index in [9.17, 15) is 4.79 Å². The number of aromatic carboxylic acids is 1. The Morgan fingerprint density at radius 3 is 2.60 bits per heavy atom. The van der Waals surface area contributed by atoms with Gasteiger partial charge in [0.25, 0.3) is 0 Å². The number of benzene rings is 1. The Morgan fingerprint density at radius 2 is 2.10 bits per heavy atom. The standard InChI is InChI=1S/C14H16BrN3O2/c1-17(2)8-10-5-4-9(6-11(10)15)13-7-12(14(19)20)16-18(13)3/h4-7H,8H2,1-3H3,(H,19,20). The SMILES string of the molecule is CN(C)Cc1ccc(-c2cc(C(=O)O)nn2C)cc1Br. The highest BCUT2D eigenvalue weighted by atomic mass is 79.9. The van der Waals surface area contributed by atoms with Gasteiger partial charge in [0.15, 0.2) is 5.69 Å². The van der Waals surface area contributed by atoms with Gasteiger partial charge in [-0.25, -0.2) is 4.79 Å². The summed E-state index contributed by atoms with van der Waals surface area (Å²) in [7, 11) is 5.77. The van der Waals surface area contributed by atoms with Crippen LogP contribution in [0.3, 0.4) is 0 Å². The maximum Gasteiger partial charge on any atom is 0.356 e. The lowest BCUT2D eigenvalue weighted by Crippen LogP contribution is -2.11. The second kappa shape index (κ2) is 5.76. The van der Waals surface area contributed by atoms with Crippen LogP contribution in [0.5, 0.6) is 0 Å². The Bertz CT molecular complexity index is 650. The molecule has 1 aromatic heterocycles. The van der Waals surface area contributed by atoms with Gasteiger partial charge < -0.3 is 10.0 Å². The number of carboxylic acid groups (broad SMARTS) is 1. The molecule has 0 aliphatic rings. The molecule has 5 nitrogen and oxygen atoms in total. The summed E-state index contributed by atoms with van der Waals surface area (Å²) in [6, 6.07) is 7.58. The summed E-state index contributed by atoms with van der Waals surface area (Å²) in [5, 5.41) is 13.0. The molecule has 1 N–H and O–H groups in total. The number of rotatable bonds is 4. The van der Waals surface area contributed by atoms with E-state index in [1.54, 1.807) is 17.8 Å². The first kappa shape index (κ1) is 14.7. The number of halogens is 1. The molecule has 106 valence electrons. The highest BCUT2D eigenvalue weighted by Gasteiger charge is 2.13. The summed E-state index contributed by atoms with van der Waals surface area (Å²) in [6.45, 7) is 0.840. The van der Waals surface area contributed by atoms with Crippen LogP contribution < -0.4 is 0 Å². The molecule has 0 amide bonds. The summed E-state index contributed by atoms with van der Waals surface area (Å²) in [5.41, 5.74) is 2.94. The number of carboxylic acids is 1. The van der Waals surface area contributed by atoms with E-state index in [1.807, 2.05) is 32.3 Å². The zero-order valence-electron chi connectivity index (χ0n) is 11.6. The van der Waals surface area contributed by atoms with Crippen molar-refractivity contribution in [3.8, 4) is 11.3 Å². The molecule has 0 unspecified atom stereocenters. The summed E-state index contributed by atoms with van der Waals surface area (Å²) in [4.78, 5) is 13.0. The molecule has 0 saturated heterocycles. The number of hydrogen-bond acceptors (Lipinski definition) is 3. The van der Waals surface area contributed by atoms with Crippen molar-refractivity contribution in [3.63, 3.8) is 0 Å². The van der Waals surface area contributed by atoms with Crippen LogP contribution in [0.1, 0.15) is 16.1 Å². The molecule has 0 saturated carbocycles. The zero-order valence-corrected chi connectivity index (χ0v) is 13.2. The van der Waals surface area contributed by atoms with E-state index in [-0.39, 0.29) is 5.69 Å². The fraction of sp³-hybridized carbons (Fsp3) is 0.286. The predicted octanol–water partition coefficient (Wildman–Crippen LogP) is 2.61. The van der Waals surface area contributed by atoms with Gasteiger partial charge in [-0.1, -0.05) is 28.1 Å². The molecule has 2 rings (SSSR count). The average Bonchev–Trinajstić information content (AvgIpc) is 2.74. The number of aromatic nitrogens is 2. The van der Waals surface area contributed by atoms with E-state index in [0.29, 0.717) is 0 Å². The first-order valence-electron chi connectivity index (χ1n) is 6.09. The molecule has 1 heterocycles. The predicted molar refractivity (Wildman–Crippen MR) is 80.7 cm³/mol. The normalized spacial score (nSPS) is 11.1. The number of carbonyl (C=O) groups is 1. The molecule has 0 fully saturated rings. The third kappa shape index (κ3) is 3.08. The largest absolute Gasteiger partial charge is 0.476 e. The van der Waals surface area contributed by atoms with E-state index >= 15 is 0 Å². The van der Waals surface area contributed by atoms with Crippen LogP contribution in [0.25, 0.3) is 11.3 Å². The molecule has 0 spiro atoms. The quantitative estimate of drug-likeness (QED) is 0.931. The number of aryl methyl sites for hydroxylation is 1. The Hall–Kier alpha value is -1.66.